The molecule has 0 saturated heterocycles. The van der Waals surface area contributed by atoms with Crippen molar-refractivity contribution in [2.75, 3.05) is 0 Å². The van der Waals surface area contributed by atoms with Crippen molar-refractivity contribution >= 4 is 89.3 Å². The van der Waals surface area contributed by atoms with E-state index in [1.165, 1.54) is 32.0 Å². The van der Waals surface area contributed by atoms with Gasteiger partial charge in [0.1, 0.15) is 18.0 Å². The fourth-order valence-corrected chi connectivity index (χ4v) is 8.30. The summed E-state index contributed by atoms with van der Waals surface area (Å²) in [4.78, 5) is 50.1. The highest BCUT2D eigenvalue weighted by atomic mass is 35.5. The molecular formula is C28H34Cl4O8Si2. The molecule has 14 heteroatoms. The van der Waals surface area contributed by atoms with Crippen molar-refractivity contribution in [2.24, 2.45) is 0 Å². The summed E-state index contributed by atoms with van der Waals surface area (Å²) in [6, 6.07) is 4.62. The van der Waals surface area contributed by atoms with Crippen molar-refractivity contribution in [2.45, 2.75) is 59.6 Å². The van der Waals surface area contributed by atoms with Gasteiger partial charge in [0.2, 0.25) is 0 Å². The summed E-state index contributed by atoms with van der Waals surface area (Å²) >= 11 is 24.4. The van der Waals surface area contributed by atoms with Crippen LogP contribution < -0.4 is 4.74 Å². The largest absolute Gasteiger partial charge is 0.455 e. The minimum Gasteiger partial charge on any atom is -0.455 e. The molecule has 230 valence electrons. The Morgan fingerprint density at radius 2 is 1.40 bits per heavy atom. The molecule has 1 aromatic carbocycles. The molecule has 4 atom stereocenters. The van der Waals surface area contributed by atoms with Gasteiger partial charge >= 0.3 is 23.9 Å². The van der Waals surface area contributed by atoms with Crippen molar-refractivity contribution in [3.63, 3.8) is 0 Å². The molecule has 0 aliphatic carbocycles. The zero-order chi connectivity index (χ0) is 32.1. The lowest BCUT2D eigenvalue weighted by Gasteiger charge is -2.32. The molecule has 1 rings (SSSR count). The number of carbonyl (C=O) groups is 4. The molecule has 0 heterocycles. The second-order valence-corrected chi connectivity index (χ2v) is 18.6. The summed E-state index contributed by atoms with van der Waals surface area (Å²) in [5, 5.41) is 0. The fraction of sp³-hybridized carbons (Fsp3) is 0.357. The minimum atomic E-state index is -1.31. The molecule has 0 aromatic heterocycles. The van der Waals surface area contributed by atoms with E-state index in [9.17, 15) is 19.2 Å². The Labute approximate surface area is 270 Å². The van der Waals surface area contributed by atoms with Crippen LogP contribution in [0.2, 0.25) is 11.6 Å². The number of alkyl halides is 4. The summed E-state index contributed by atoms with van der Waals surface area (Å²) < 4.78 is 21.3. The lowest BCUT2D eigenvalue weighted by molar-refractivity contribution is -0.162. The van der Waals surface area contributed by atoms with Crippen LogP contribution in [0, 0.1) is 0 Å². The summed E-state index contributed by atoms with van der Waals surface area (Å²) in [6.07, 6.45) is -1.36. The van der Waals surface area contributed by atoms with Gasteiger partial charge in [-0.05, 0) is 37.6 Å². The SMILES string of the molecule is C=CC(=O)Oc1ccc(C(OC(=O)C(=C)C)C(C[SiH2]C(Cl)Cl)OC(=O)C(=C)C)c(C(OC(=O)C=C)C(C)[SiH2]C(Cl)Cl)c1. The van der Waals surface area contributed by atoms with Gasteiger partial charge in [0.15, 0.2) is 6.10 Å². The van der Waals surface area contributed by atoms with Crippen LogP contribution in [0.4, 0.5) is 0 Å². The van der Waals surface area contributed by atoms with Crippen LogP contribution in [-0.2, 0) is 33.4 Å². The van der Waals surface area contributed by atoms with E-state index in [2.05, 4.69) is 26.3 Å². The summed E-state index contributed by atoms with van der Waals surface area (Å²) in [5.74, 6) is -2.91. The van der Waals surface area contributed by atoms with Crippen LogP contribution in [0.15, 0.2) is 67.8 Å². The zero-order valence-corrected chi connectivity index (χ0v) is 29.4. The molecule has 0 N–H and O–H groups in total. The third kappa shape index (κ3) is 12.5. The molecule has 0 fully saturated rings. The highest BCUT2D eigenvalue weighted by molar-refractivity contribution is 6.69. The minimum absolute atomic E-state index is 0.0791. The number of halogens is 4. The van der Waals surface area contributed by atoms with Crippen LogP contribution in [0.25, 0.3) is 0 Å². The molecule has 0 spiro atoms. The van der Waals surface area contributed by atoms with Crippen molar-refractivity contribution in [3.8, 4) is 5.75 Å². The first-order chi connectivity index (χ1) is 19.6. The first kappa shape index (κ1) is 37.7. The smallest absolute Gasteiger partial charge is 0.335 e. The average molecular weight is 697 g/mol. The summed E-state index contributed by atoms with van der Waals surface area (Å²) in [6.45, 7) is 18.9. The Morgan fingerprint density at radius 1 is 0.833 bits per heavy atom. The van der Waals surface area contributed by atoms with E-state index in [-0.39, 0.29) is 28.5 Å². The lowest BCUT2D eigenvalue weighted by Crippen LogP contribution is -2.33. The maximum absolute atomic E-state index is 12.9. The number of rotatable bonds is 17. The van der Waals surface area contributed by atoms with Crippen molar-refractivity contribution in [1.82, 2.24) is 0 Å². The van der Waals surface area contributed by atoms with E-state index >= 15 is 0 Å². The first-order valence-corrected chi connectivity index (χ1v) is 17.9. The van der Waals surface area contributed by atoms with Crippen molar-refractivity contribution in [1.29, 1.82) is 0 Å². The number of esters is 4. The van der Waals surface area contributed by atoms with E-state index in [4.69, 9.17) is 65.4 Å². The number of benzene rings is 1. The Balaban J connectivity index is 4.04. The molecule has 42 heavy (non-hydrogen) atoms. The highest BCUT2D eigenvalue weighted by Crippen LogP contribution is 2.41. The second kappa shape index (κ2) is 18.3. The predicted molar refractivity (Wildman–Crippen MR) is 172 cm³/mol. The molecule has 0 bridgehead atoms. The van der Waals surface area contributed by atoms with Crippen LogP contribution in [0.1, 0.15) is 44.1 Å². The van der Waals surface area contributed by atoms with Gasteiger partial charge in [0.05, 0.1) is 28.0 Å². The monoisotopic (exact) mass is 694 g/mol. The molecule has 8 nitrogen and oxygen atoms in total. The van der Waals surface area contributed by atoms with E-state index in [0.717, 1.165) is 12.2 Å². The van der Waals surface area contributed by atoms with Gasteiger partial charge in [-0.2, -0.15) is 0 Å². The quantitative estimate of drug-likeness (QED) is 0.0542. The molecule has 0 radical (unpaired) electrons. The second-order valence-electron chi connectivity index (χ2n) is 9.38. The van der Waals surface area contributed by atoms with Gasteiger partial charge in [0, 0.05) is 34.4 Å². The number of ether oxygens (including phenoxy) is 4. The Morgan fingerprint density at radius 3 is 1.90 bits per heavy atom. The molecule has 4 unspecified atom stereocenters. The van der Waals surface area contributed by atoms with Gasteiger partial charge in [-0.1, -0.05) is 39.3 Å². The summed E-state index contributed by atoms with van der Waals surface area (Å²) in [7, 11) is -2.58. The summed E-state index contributed by atoms with van der Waals surface area (Å²) in [5.41, 5.74) is 0.395. The number of hydrogen-bond donors (Lipinski definition) is 0. The van der Waals surface area contributed by atoms with Gasteiger partial charge in [0.25, 0.3) is 0 Å². The number of carbonyl (C=O) groups excluding carboxylic acids is 4. The molecule has 0 aliphatic heterocycles. The Bertz CT molecular complexity index is 1200. The Hall–Kier alpha value is -2.35. The molecule has 0 saturated carbocycles. The number of hydrogen-bond acceptors (Lipinski definition) is 8. The van der Waals surface area contributed by atoms with E-state index in [1.54, 1.807) is 6.92 Å². The maximum atomic E-state index is 12.9. The van der Waals surface area contributed by atoms with Gasteiger partial charge in [-0.15, -0.1) is 46.4 Å². The Kier molecular flexibility index (Phi) is 16.5. The third-order valence-electron chi connectivity index (χ3n) is 5.73. The fourth-order valence-electron chi connectivity index (χ4n) is 3.70. The molecule has 0 aliphatic rings. The van der Waals surface area contributed by atoms with Gasteiger partial charge in [-0.25, -0.2) is 19.2 Å². The van der Waals surface area contributed by atoms with Gasteiger partial charge < -0.3 is 18.9 Å². The van der Waals surface area contributed by atoms with Crippen molar-refractivity contribution < 1.29 is 38.1 Å². The van der Waals surface area contributed by atoms with E-state index in [1.807, 2.05) is 0 Å². The normalized spacial score (nSPS) is 14.3. The highest BCUT2D eigenvalue weighted by Gasteiger charge is 2.37. The van der Waals surface area contributed by atoms with E-state index in [0.29, 0.717) is 11.1 Å². The van der Waals surface area contributed by atoms with Gasteiger partial charge in [-0.3, -0.25) is 0 Å². The lowest BCUT2D eigenvalue weighted by atomic mass is 9.93. The maximum Gasteiger partial charge on any atom is 0.335 e. The standard InChI is InChI=1S/C28H34Cl4O8Si2/c1-8-21(33)37-17-10-11-18(19(12-17)23(39-22(34)9-2)16(7)42-28(31)32)24(40-26(36)15(5)6)20(13-41-27(29)30)38-25(35)14(3)4/h8-12,16,20,23-24,27-28H,1-3,5,13,41-42H2,4,6-7H3. The van der Waals surface area contributed by atoms with Crippen molar-refractivity contribution in [3.05, 3.63) is 78.9 Å². The predicted octanol–water partition coefficient (Wildman–Crippen LogP) is 5.28. The van der Waals surface area contributed by atoms with Crippen LogP contribution in [-0.4, -0.2) is 57.9 Å². The third-order valence-corrected chi connectivity index (χ3v) is 11.0. The molecule has 0 amide bonds. The molecular weight excluding hydrogens is 662 g/mol. The topological polar surface area (TPSA) is 105 Å². The average Bonchev–Trinajstić information content (AvgIpc) is 2.91. The molecule has 1 aromatic rings. The zero-order valence-electron chi connectivity index (χ0n) is 23.6. The van der Waals surface area contributed by atoms with Crippen LogP contribution in [0.3, 0.4) is 0 Å². The van der Waals surface area contributed by atoms with E-state index < -0.39 is 70.1 Å². The van der Waals surface area contributed by atoms with Crippen LogP contribution in [0.5, 0.6) is 5.75 Å². The van der Waals surface area contributed by atoms with Crippen LogP contribution >= 0.6 is 46.4 Å². The first-order valence-electron chi connectivity index (χ1n) is 12.7.